The highest BCUT2D eigenvalue weighted by Gasteiger charge is 2.22. The number of rotatable bonds is 5. The maximum absolute atomic E-state index is 13.5. The Morgan fingerprint density at radius 3 is 2.75 bits per heavy atom. The van der Waals surface area contributed by atoms with Crippen LogP contribution >= 0.6 is 0 Å². The van der Waals surface area contributed by atoms with Gasteiger partial charge < -0.3 is 5.11 Å². The SMILES string of the molecule is CCn1cc(-c2cc(C(F)F)c3c(C)nn(CC(=O)O)c3n2)cn1. The minimum Gasteiger partial charge on any atom is -0.480 e. The second-order valence-corrected chi connectivity index (χ2v) is 5.32. The first-order chi connectivity index (χ1) is 11.4. The molecule has 0 fully saturated rings. The van der Waals surface area contributed by atoms with Gasteiger partial charge in [-0.05, 0) is 19.9 Å². The number of aromatic nitrogens is 5. The van der Waals surface area contributed by atoms with Crippen LogP contribution in [0.2, 0.25) is 0 Å². The summed E-state index contributed by atoms with van der Waals surface area (Å²) in [5.74, 6) is -1.12. The van der Waals surface area contributed by atoms with Crippen LogP contribution in [0.5, 0.6) is 0 Å². The van der Waals surface area contributed by atoms with Gasteiger partial charge in [-0.15, -0.1) is 0 Å². The predicted molar refractivity (Wildman–Crippen MR) is 81.8 cm³/mol. The van der Waals surface area contributed by atoms with Crippen molar-refractivity contribution in [2.45, 2.75) is 33.4 Å². The van der Waals surface area contributed by atoms with Crippen molar-refractivity contribution in [3.63, 3.8) is 0 Å². The fraction of sp³-hybridized carbons (Fsp3) is 0.333. The van der Waals surface area contributed by atoms with Crippen LogP contribution in [0.25, 0.3) is 22.3 Å². The smallest absolute Gasteiger partial charge is 0.325 e. The fourth-order valence-corrected chi connectivity index (χ4v) is 2.61. The molecule has 3 heterocycles. The summed E-state index contributed by atoms with van der Waals surface area (Å²) in [6, 6.07) is 1.31. The Bertz CT molecular complexity index is 916. The molecule has 0 aliphatic rings. The Balaban J connectivity index is 2.26. The van der Waals surface area contributed by atoms with Gasteiger partial charge in [0.2, 0.25) is 0 Å². The van der Waals surface area contributed by atoms with Gasteiger partial charge in [0.05, 0.1) is 23.0 Å². The number of carboxylic acid groups (broad SMARTS) is 1. The molecular weight excluding hydrogens is 320 g/mol. The van der Waals surface area contributed by atoms with E-state index in [0.29, 0.717) is 23.5 Å². The van der Waals surface area contributed by atoms with Gasteiger partial charge in [0, 0.05) is 23.9 Å². The number of aryl methyl sites for hydroxylation is 2. The van der Waals surface area contributed by atoms with Gasteiger partial charge in [-0.1, -0.05) is 0 Å². The van der Waals surface area contributed by atoms with Crippen LogP contribution in [-0.2, 0) is 17.9 Å². The second-order valence-electron chi connectivity index (χ2n) is 5.32. The first-order valence-corrected chi connectivity index (χ1v) is 7.31. The van der Waals surface area contributed by atoms with Crippen LogP contribution in [0.3, 0.4) is 0 Å². The lowest BCUT2D eigenvalue weighted by Gasteiger charge is -2.07. The standard InChI is InChI=1S/C15H15F2N5O2/c1-3-21-6-9(5-18-21)11-4-10(14(16)17)13-8(2)20-22(7-12(23)24)15(13)19-11/h4-6,14H,3,7H2,1-2H3,(H,23,24). The number of aliphatic carboxylic acids is 1. The van der Waals surface area contributed by atoms with E-state index in [-0.39, 0.29) is 16.6 Å². The Hall–Kier alpha value is -2.84. The molecule has 0 saturated carbocycles. The summed E-state index contributed by atoms with van der Waals surface area (Å²) in [5, 5.41) is 17.3. The molecule has 7 nitrogen and oxygen atoms in total. The van der Waals surface area contributed by atoms with Crippen molar-refractivity contribution in [2.75, 3.05) is 0 Å². The zero-order valence-electron chi connectivity index (χ0n) is 13.1. The fourth-order valence-electron chi connectivity index (χ4n) is 2.61. The lowest BCUT2D eigenvalue weighted by molar-refractivity contribution is -0.137. The quantitative estimate of drug-likeness (QED) is 0.775. The van der Waals surface area contributed by atoms with E-state index < -0.39 is 18.9 Å². The van der Waals surface area contributed by atoms with Crippen LogP contribution in [-0.4, -0.2) is 35.6 Å². The number of halogens is 2. The molecule has 0 amide bonds. The van der Waals surface area contributed by atoms with Gasteiger partial charge in [-0.25, -0.2) is 18.4 Å². The summed E-state index contributed by atoms with van der Waals surface area (Å²) >= 11 is 0. The van der Waals surface area contributed by atoms with E-state index in [9.17, 15) is 13.6 Å². The van der Waals surface area contributed by atoms with Gasteiger partial charge in [0.25, 0.3) is 6.43 Å². The van der Waals surface area contributed by atoms with Gasteiger partial charge in [0.1, 0.15) is 6.54 Å². The molecule has 3 aromatic rings. The molecule has 0 bridgehead atoms. The number of hydrogen-bond acceptors (Lipinski definition) is 4. The van der Waals surface area contributed by atoms with Gasteiger partial charge in [-0.3, -0.25) is 9.48 Å². The summed E-state index contributed by atoms with van der Waals surface area (Å²) in [5.41, 5.74) is 1.13. The summed E-state index contributed by atoms with van der Waals surface area (Å²) in [7, 11) is 0. The monoisotopic (exact) mass is 335 g/mol. The van der Waals surface area contributed by atoms with Gasteiger partial charge >= 0.3 is 5.97 Å². The van der Waals surface area contributed by atoms with E-state index in [1.54, 1.807) is 17.8 Å². The van der Waals surface area contributed by atoms with Crippen LogP contribution in [0.1, 0.15) is 24.6 Å². The second kappa shape index (κ2) is 5.99. The molecule has 24 heavy (non-hydrogen) atoms. The molecule has 0 atom stereocenters. The molecule has 0 radical (unpaired) electrons. The van der Waals surface area contributed by atoms with Crippen molar-refractivity contribution in [3.8, 4) is 11.3 Å². The van der Waals surface area contributed by atoms with E-state index in [2.05, 4.69) is 15.2 Å². The maximum atomic E-state index is 13.5. The van der Waals surface area contributed by atoms with Crippen molar-refractivity contribution in [3.05, 3.63) is 29.7 Å². The lowest BCUT2D eigenvalue weighted by atomic mass is 10.1. The largest absolute Gasteiger partial charge is 0.480 e. The Kier molecular flexibility index (Phi) is 4.00. The molecule has 3 rings (SSSR count). The van der Waals surface area contributed by atoms with Crippen molar-refractivity contribution in [1.82, 2.24) is 24.5 Å². The van der Waals surface area contributed by atoms with Crippen LogP contribution < -0.4 is 0 Å². The molecule has 0 aromatic carbocycles. The zero-order chi connectivity index (χ0) is 17.4. The van der Waals surface area contributed by atoms with E-state index in [0.717, 1.165) is 4.68 Å². The Labute approximate surface area is 135 Å². The van der Waals surface area contributed by atoms with E-state index in [4.69, 9.17) is 5.11 Å². The number of carboxylic acids is 1. The third-order valence-electron chi connectivity index (χ3n) is 3.68. The average molecular weight is 335 g/mol. The lowest BCUT2D eigenvalue weighted by Crippen LogP contribution is -2.11. The molecule has 0 spiro atoms. The summed E-state index contributed by atoms with van der Waals surface area (Å²) in [4.78, 5) is 15.3. The third kappa shape index (κ3) is 2.72. The maximum Gasteiger partial charge on any atom is 0.325 e. The zero-order valence-corrected chi connectivity index (χ0v) is 13.1. The molecule has 126 valence electrons. The highest BCUT2D eigenvalue weighted by Crippen LogP contribution is 2.32. The molecule has 0 saturated heterocycles. The number of alkyl halides is 2. The number of carbonyl (C=O) groups is 1. The first-order valence-electron chi connectivity index (χ1n) is 7.31. The highest BCUT2D eigenvalue weighted by molar-refractivity contribution is 5.86. The molecule has 3 aromatic heterocycles. The third-order valence-corrected chi connectivity index (χ3v) is 3.68. The average Bonchev–Trinajstić information content (AvgIpc) is 3.11. The number of fused-ring (bicyclic) bond motifs is 1. The van der Waals surface area contributed by atoms with E-state index >= 15 is 0 Å². The number of pyridine rings is 1. The normalized spacial score (nSPS) is 11.5. The predicted octanol–water partition coefficient (Wildman–Crippen LogP) is 2.65. The van der Waals surface area contributed by atoms with Crippen LogP contribution in [0, 0.1) is 6.92 Å². The van der Waals surface area contributed by atoms with Crippen molar-refractivity contribution >= 4 is 17.0 Å². The van der Waals surface area contributed by atoms with Crippen LogP contribution in [0.15, 0.2) is 18.5 Å². The molecule has 0 aliphatic heterocycles. The minimum atomic E-state index is -2.73. The molecule has 1 N–H and O–H groups in total. The summed E-state index contributed by atoms with van der Waals surface area (Å²) in [6.07, 6.45) is 0.517. The molecule has 0 unspecified atom stereocenters. The first kappa shape index (κ1) is 16.0. The van der Waals surface area contributed by atoms with Crippen molar-refractivity contribution < 1.29 is 18.7 Å². The van der Waals surface area contributed by atoms with Crippen molar-refractivity contribution in [1.29, 1.82) is 0 Å². The Morgan fingerprint density at radius 1 is 1.42 bits per heavy atom. The topological polar surface area (TPSA) is 85.8 Å². The molecule has 0 aliphatic carbocycles. The summed E-state index contributed by atoms with van der Waals surface area (Å²) < 4.78 is 29.8. The highest BCUT2D eigenvalue weighted by atomic mass is 19.3. The minimum absolute atomic E-state index is 0.131. The number of nitrogens with zero attached hydrogens (tertiary/aromatic N) is 5. The molecule has 9 heteroatoms. The van der Waals surface area contributed by atoms with Gasteiger partial charge in [-0.2, -0.15) is 10.2 Å². The molecular formula is C15H15F2N5O2. The summed E-state index contributed by atoms with van der Waals surface area (Å²) in [6.45, 7) is 3.66. The van der Waals surface area contributed by atoms with E-state index in [1.807, 2.05) is 6.92 Å². The number of hydrogen-bond donors (Lipinski definition) is 1. The Morgan fingerprint density at radius 2 is 2.17 bits per heavy atom. The van der Waals surface area contributed by atoms with Crippen LogP contribution in [0.4, 0.5) is 8.78 Å². The van der Waals surface area contributed by atoms with Crippen molar-refractivity contribution in [2.24, 2.45) is 0 Å². The van der Waals surface area contributed by atoms with E-state index in [1.165, 1.54) is 12.3 Å². The van der Waals surface area contributed by atoms with Gasteiger partial charge in [0.15, 0.2) is 5.65 Å².